The summed E-state index contributed by atoms with van der Waals surface area (Å²) in [6.07, 6.45) is 0.917. The first-order valence-electron chi connectivity index (χ1n) is 7.50. The Kier molecular flexibility index (Phi) is 6.92. The van der Waals surface area contributed by atoms with Crippen molar-refractivity contribution in [2.45, 2.75) is 6.54 Å². The van der Waals surface area contributed by atoms with Crippen LogP contribution in [0, 0.1) is 0 Å². The van der Waals surface area contributed by atoms with Crippen LogP contribution in [0.25, 0.3) is 0 Å². The third-order valence-electron chi connectivity index (χ3n) is 3.26. The lowest BCUT2D eigenvalue weighted by molar-refractivity contribution is -0.156. The number of rotatable bonds is 6. The Morgan fingerprint density at radius 3 is 2.16 bits per heavy atom. The maximum atomic E-state index is 12.7. The van der Waals surface area contributed by atoms with Gasteiger partial charge < -0.3 is 9.64 Å². The second-order valence-electron chi connectivity index (χ2n) is 5.10. The lowest BCUT2D eigenvalue weighted by atomic mass is 10.1. The quantitative estimate of drug-likeness (QED) is 0.452. The molecule has 128 valence electrons. The van der Waals surface area contributed by atoms with E-state index in [2.05, 4.69) is 4.74 Å². The van der Waals surface area contributed by atoms with Gasteiger partial charge in [-0.15, -0.1) is 0 Å². The average Bonchev–Trinajstić information content (AvgIpc) is 2.62. The molecule has 25 heavy (non-hydrogen) atoms. The zero-order chi connectivity index (χ0) is 18.1. The fourth-order valence-electron chi connectivity index (χ4n) is 2.15. The van der Waals surface area contributed by atoms with E-state index in [1.807, 2.05) is 30.3 Å². The maximum absolute atomic E-state index is 12.7. The van der Waals surface area contributed by atoms with Gasteiger partial charge in [0.1, 0.15) is 6.54 Å². The summed E-state index contributed by atoms with van der Waals surface area (Å²) < 4.78 is 4.60. The summed E-state index contributed by atoms with van der Waals surface area (Å²) in [5.41, 5.74) is 2.25. The molecule has 2 aromatic carbocycles. The summed E-state index contributed by atoms with van der Waals surface area (Å²) >= 11 is 5.27. The normalized spacial score (nSPS) is 10.4. The monoisotopic (exact) mass is 357 g/mol. The molecule has 0 unspecified atom stereocenters. The number of nitrogens with zero attached hydrogens (tertiary/aromatic N) is 1. The van der Waals surface area contributed by atoms with Crippen molar-refractivity contribution < 1.29 is 19.1 Å². The molecule has 0 bridgehead atoms. The third kappa shape index (κ3) is 5.90. The molecule has 0 saturated carbocycles. The van der Waals surface area contributed by atoms with Crippen LogP contribution in [0.3, 0.4) is 0 Å². The Bertz CT molecular complexity index is 760. The van der Waals surface area contributed by atoms with E-state index in [4.69, 9.17) is 11.6 Å². The van der Waals surface area contributed by atoms with Crippen molar-refractivity contribution in [3.05, 3.63) is 83.4 Å². The third-order valence-corrected chi connectivity index (χ3v) is 3.38. The molecule has 0 aliphatic carbocycles. The van der Waals surface area contributed by atoms with Crippen LogP contribution >= 0.6 is 11.6 Å². The van der Waals surface area contributed by atoms with Gasteiger partial charge in [0.2, 0.25) is 0 Å². The Labute approximate surface area is 150 Å². The number of carbonyl (C=O) groups is 3. The van der Waals surface area contributed by atoms with Gasteiger partial charge in [-0.2, -0.15) is 0 Å². The molecule has 0 radical (unpaired) electrons. The summed E-state index contributed by atoms with van der Waals surface area (Å²) in [6, 6.07) is 17.8. The molecule has 0 aliphatic rings. The highest BCUT2D eigenvalue weighted by molar-refractivity contribution is 6.26. The summed E-state index contributed by atoms with van der Waals surface area (Å²) in [4.78, 5) is 37.3. The van der Waals surface area contributed by atoms with Gasteiger partial charge in [0, 0.05) is 23.7 Å². The molecular weight excluding hydrogens is 342 g/mol. The Balaban J connectivity index is 2.15. The molecule has 0 N–H and O–H groups in total. The largest absolute Gasteiger partial charge is 0.389 e. The van der Waals surface area contributed by atoms with Gasteiger partial charge in [-0.1, -0.05) is 60.1 Å². The lowest BCUT2D eigenvalue weighted by Gasteiger charge is -2.21. The highest BCUT2D eigenvalue weighted by Gasteiger charge is 2.21. The number of hydrogen-bond donors (Lipinski definition) is 0. The maximum Gasteiger partial charge on any atom is 0.339 e. The molecule has 0 spiro atoms. The molecule has 0 fully saturated rings. The predicted molar refractivity (Wildman–Crippen MR) is 93.7 cm³/mol. The van der Waals surface area contributed by atoms with Crippen LogP contribution < -0.4 is 0 Å². The van der Waals surface area contributed by atoms with Gasteiger partial charge >= 0.3 is 11.9 Å². The van der Waals surface area contributed by atoms with Gasteiger partial charge in [-0.3, -0.25) is 4.79 Å². The Morgan fingerprint density at radius 1 is 0.960 bits per heavy atom. The number of benzene rings is 2. The van der Waals surface area contributed by atoms with E-state index in [0.29, 0.717) is 5.56 Å². The highest BCUT2D eigenvalue weighted by Crippen LogP contribution is 2.10. The molecule has 2 aromatic rings. The first kappa shape index (κ1) is 18.4. The van der Waals surface area contributed by atoms with Gasteiger partial charge in [-0.05, 0) is 17.7 Å². The molecule has 0 aliphatic heterocycles. The number of hydrogen-bond acceptors (Lipinski definition) is 4. The van der Waals surface area contributed by atoms with E-state index in [0.717, 1.165) is 17.2 Å². The second-order valence-corrected chi connectivity index (χ2v) is 5.35. The molecule has 1 amide bonds. The fourth-order valence-corrected chi connectivity index (χ4v) is 2.26. The minimum absolute atomic E-state index is 0.212. The Hall–Kier alpha value is -2.92. The van der Waals surface area contributed by atoms with Gasteiger partial charge in [-0.25, -0.2) is 9.59 Å². The molecule has 2 rings (SSSR count). The average molecular weight is 358 g/mol. The number of amides is 1. The van der Waals surface area contributed by atoms with Crippen molar-refractivity contribution >= 4 is 29.4 Å². The fraction of sp³-hybridized carbons (Fsp3) is 0.105. The van der Waals surface area contributed by atoms with E-state index in [-0.39, 0.29) is 19.0 Å². The van der Waals surface area contributed by atoms with Crippen molar-refractivity contribution in [1.29, 1.82) is 0 Å². The van der Waals surface area contributed by atoms with E-state index in [1.54, 1.807) is 30.3 Å². The molecule has 6 heteroatoms. The van der Waals surface area contributed by atoms with Crippen molar-refractivity contribution in [3.63, 3.8) is 0 Å². The van der Waals surface area contributed by atoms with E-state index in [9.17, 15) is 14.4 Å². The summed E-state index contributed by atoms with van der Waals surface area (Å²) in [6.45, 7) is -0.145. The van der Waals surface area contributed by atoms with Crippen LogP contribution in [0.2, 0.25) is 0 Å². The molecule has 0 heterocycles. The van der Waals surface area contributed by atoms with Crippen LogP contribution in [0.15, 0.2) is 72.3 Å². The van der Waals surface area contributed by atoms with Crippen molar-refractivity contribution in [3.8, 4) is 0 Å². The number of carbonyl (C=O) groups excluding carboxylic acids is 3. The minimum atomic E-state index is -0.883. The summed E-state index contributed by atoms with van der Waals surface area (Å²) in [7, 11) is 0. The van der Waals surface area contributed by atoms with E-state index >= 15 is 0 Å². The van der Waals surface area contributed by atoms with Crippen LogP contribution in [0.5, 0.6) is 0 Å². The van der Waals surface area contributed by atoms with E-state index in [1.165, 1.54) is 4.90 Å². The zero-order valence-corrected chi connectivity index (χ0v) is 14.1. The predicted octanol–water partition coefficient (Wildman–Crippen LogP) is 3.15. The SMILES string of the molecule is O=C(/C=C\Cl)OC(=O)CN(Cc1ccccc1)C(=O)c1ccccc1. The molecule has 0 saturated heterocycles. The number of esters is 2. The second kappa shape index (κ2) is 9.39. The first-order valence-corrected chi connectivity index (χ1v) is 7.93. The van der Waals surface area contributed by atoms with Crippen LogP contribution in [0.4, 0.5) is 0 Å². The number of halogens is 1. The lowest BCUT2D eigenvalue weighted by Crippen LogP contribution is -2.36. The van der Waals surface area contributed by atoms with Crippen LogP contribution in [-0.4, -0.2) is 29.3 Å². The van der Waals surface area contributed by atoms with Crippen LogP contribution in [0.1, 0.15) is 15.9 Å². The Morgan fingerprint density at radius 2 is 1.56 bits per heavy atom. The first-order chi connectivity index (χ1) is 12.1. The summed E-state index contributed by atoms with van der Waals surface area (Å²) in [5, 5.41) is 0. The molecule has 0 atom stereocenters. The number of ether oxygens (including phenoxy) is 1. The van der Waals surface area contributed by atoms with Gasteiger partial charge in [0.25, 0.3) is 5.91 Å². The standard InChI is InChI=1S/C19H16ClNO4/c20-12-11-17(22)25-18(23)14-21(13-15-7-3-1-4-8-15)19(24)16-9-5-2-6-10-16/h1-12H,13-14H2/b12-11-. The van der Waals surface area contributed by atoms with Crippen molar-refractivity contribution in [2.24, 2.45) is 0 Å². The van der Waals surface area contributed by atoms with Crippen LogP contribution in [-0.2, 0) is 20.9 Å². The highest BCUT2D eigenvalue weighted by atomic mass is 35.5. The molecule has 5 nitrogen and oxygen atoms in total. The van der Waals surface area contributed by atoms with Gasteiger partial charge in [0.05, 0.1) is 0 Å². The summed E-state index contributed by atoms with van der Waals surface area (Å²) in [5.74, 6) is -2.05. The smallest absolute Gasteiger partial charge is 0.339 e. The van der Waals surface area contributed by atoms with Gasteiger partial charge in [0.15, 0.2) is 0 Å². The zero-order valence-electron chi connectivity index (χ0n) is 13.3. The van der Waals surface area contributed by atoms with Crippen molar-refractivity contribution in [2.75, 3.05) is 6.54 Å². The minimum Gasteiger partial charge on any atom is -0.389 e. The van der Waals surface area contributed by atoms with Crippen molar-refractivity contribution in [1.82, 2.24) is 4.90 Å². The van der Waals surface area contributed by atoms with E-state index < -0.39 is 11.9 Å². The molecule has 0 aromatic heterocycles. The topological polar surface area (TPSA) is 63.7 Å². The molecular formula is C19H16ClNO4.